The first-order valence-corrected chi connectivity index (χ1v) is 10.8. The summed E-state index contributed by atoms with van der Waals surface area (Å²) in [4.78, 5) is 25.1. The van der Waals surface area contributed by atoms with Crippen molar-refractivity contribution in [1.29, 1.82) is 0 Å². The summed E-state index contributed by atoms with van der Waals surface area (Å²) in [6.45, 7) is 0.208. The quantitative estimate of drug-likeness (QED) is 0.306. The highest BCUT2D eigenvalue weighted by atomic mass is 16.5. The number of nitrogens with one attached hydrogen (secondary N) is 1. The number of carbonyl (C=O) groups is 2. The monoisotopic (exact) mass is 444 g/mol. The van der Waals surface area contributed by atoms with E-state index in [2.05, 4.69) is 22.0 Å². The van der Waals surface area contributed by atoms with Crippen LogP contribution >= 0.6 is 0 Å². The van der Waals surface area contributed by atoms with Gasteiger partial charge in [-0.3, -0.25) is 4.79 Å². The number of benzene rings is 3. The molecule has 0 radical (unpaired) electrons. The molecule has 168 valence electrons. The van der Waals surface area contributed by atoms with Crippen LogP contribution in [-0.4, -0.2) is 34.2 Å². The smallest absolute Gasteiger partial charge is 0.331 e. The van der Waals surface area contributed by atoms with Gasteiger partial charge in [0.25, 0.3) is 5.91 Å². The summed E-state index contributed by atoms with van der Waals surface area (Å²) >= 11 is 0. The number of hydrogen-bond donors (Lipinski definition) is 2. The third-order valence-electron chi connectivity index (χ3n) is 5.32. The lowest BCUT2D eigenvalue weighted by atomic mass is 10.2. The summed E-state index contributed by atoms with van der Waals surface area (Å²) in [5.74, 6) is -1.07. The minimum Gasteiger partial charge on any atom is -0.459 e. The number of nitrogens with zero attached hydrogens (tertiary/aromatic N) is 2. The molecule has 0 saturated heterocycles. The number of ether oxygens (including phenoxy) is 1. The maximum Gasteiger partial charge on any atom is 0.331 e. The summed E-state index contributed by atoms with van der Waals surface area (Å²) in [5, 5.41) is 12.2. The van der Waals surface area contributed by atoms with E-state index in [1.807, 2.05) is 83.7 Å². The van der Waals surface area contributed by atoms with Gasteiger partial charge in [-0.25, -0.2) is 13.9 Å². The molecule has 2 N–H and O–H groups in total. The number of aromatic nitrogens is 2. The van der Waals surface area contributed by atoms with E-state index in [-0.39, 0.29) is 13.2 Å². The van der Waals surface area contributed by atoms with Crippen molar-refractivity contribution in [3.63, 3.8) is 0 Å². The molecule has 0 aliphatic carbocycles. The van der Waals surface area contributed by atoms with Crippen LogP contribution in [0.15, 0.2) is 91.3 Å². The van der Waals surface area contributed by atoms with E-state index < -0.39 is 24.5 Å². The van der Waals surface area contributed by atoms with Crippen molar-refractivity contribution in [2.45, 2.75) is 25.7 Å². The molecule has 4 aromatic rings. The Labute approximate surface area is 191 Å². The van der Waals surface area contributed by atoms with E-state index in [9.17, 15) is 14.7 Å². The third kappa shape index (κ3) is 5.64. The molecule has 7 nitrogen and oxygen atoms in total. The first kappa shape index (κ1) is 22.2. The Bertz CT molecular complexity index is 1220. The number of para-hydroxylation sites is 2. The Kier molecular flexibility index (Phi) is 7.12. The minimum absolute atomic E-state index is 0.00473. The van der Waals surface area contributed by atoms with Gasteiger partial charge in [0.2, 0.25) is 6.33 Å². The molecule has 0 fully saturated rings. The van der Waals surface area contributed by atoms with Crippen LogP contribution in [0.2, 0.25) is 0 Å². The number of carbonyl (C=O) groups excluding carboxylic acids is 2. The predicted octanol–water partition coefficient (Wildman–Crippen LogP) is 2.20. The zero-order valence-electron chi connectivity index (χ0n) is 18.1. The van der Waals surface area contributed by atoms with Crippen LogP contribution < -0.4 is 9.88 Å². The summed E-state index contributed by atoms with van der Waals surface area (Å²) in [5.41, 5.74) is 3.87. The highest BCUT2D eigenvalue weighted by Crippen LogP contribution is 2.12. The fourth-order valence-electron chi connectivity index (χ4n) is 3.68. The van der Waals surface area contributed by atoms with E-state index in [0.29, 0.717) is 6.54 Å². The van der Waals surface area contributed by atoms with Gasteiger partial charge >= 0.3 is 5.97 Å². The second kappa shape index (κ2) is 10.6. The second-order valence-electron chi connectivity index (χ2n) is 7.74. The Hall–Kier alpha value is -3.97. The van der Waals surface area contributed by atoms with Crippen LogP contribution in [0.1, 0.15) is 11.1 Å². The van der Waals surface area contributed by atoms with E-state index in [4.69, 9.17) is 4.74 Å². The number of aliphatic hydroxyl groups excluding tert-OH is 1. The lowest BCUT2D eigenvalue weighted by Crippen LogP contribution is -2.45. The van der Waals surface area contributed by atoms with Gasteiger partial charge in [-0.1, -0.05) is 72.8 Å². The van der Waals surface area contributed by atoms with Gasteiger partial charge in [0.05, 0.1) is 6.61 Å². The molecule has 0 unspecified atom stereocenters. The number of esters is 1. The van der Waals surface area contributed by atoms with Crippen molar-refractivity contribution in [2.75, 3.05) is 6.61 Å². The van der Waals surface area contributed by atoms with Crippen LogP contribution in [-0.2, 0) is 34.0 Å². The molecule has 1 amide bonds. The topological polar surface area (TPSA) is 84.4 Å². The summed E-state index contributed by atoms with van der Waals surface area (Å²) < 4.78 is 9.16. The maximum atomic E-state index is 12.7. The van der Waals surface area contributed by atoms with Gasteiger partial charge in [0, 0.05) is 0 Å². The number of fused-ring (bicyclic) bond motifs is 1. The number of hydrogen-bond acceptors (Lipinski definition) is 4. The van der Waals surface area contributed by atoms with Crippen LogP contribution in [0.3, 0.4) is 0 Å². The van der Waals surface area contributed by atoms with Gasteiger partial charge in [-0.2, -0.15) is 0 Å². The fourth-order valence-corrected chi connectivity index (χ4v) is 3.68. The number of aliphatic hydroxyl groups is 1. The standard InChI is InChI=1S/C26H25N3O4/c30-17-22(26(32)33-18-21-11-5-2-6-12-21)27-25(31)16-29-19-28(15-20-9-3-1-4-10-20)23-13-7-8-14-24(23)29/h1-14,19,22,30H,15-18H2/p+1/t22-/m0/s1. The average molecular weight is 445 g/mol. The largest absolute Gasteiger partial charge is 0.459 e. The zero-order chi connectivity index (χ0) is 23.0. The highest BCUT2D eigenvalue weighted by Gasteiger charge is 2.24. The average Bonchev–Trinajstić information content (AvgIpc) is 3.19. The molecule has 1 heterocycles. The first-order valence-electron chi connectivity index (χ1n) is 10.8. The van der Waals surface area contributed by atoms with Gasteiger partial charge in [-0.15, -0.1) is 0 Å². The fraction of sp³-hybridized carbons (Fsp3) is 0.192. The minimum atomic E-state index is -1.13. The van der Waals surface area contributed by atoms with Crippen molar-refractivity contribution in [3.8, 4) is 0 Å². The molecule has 0 spiro atoms. The van der Waals surface area contributed by atoms with Gasteiger partial charge < -0.3 is 15.2 Å². The Morgan fingerprint density at radius 2 is 1.55 bits per heavy atom. The Morgan fingerprint density at radius 3 is 2.24 bits per heavy atom. The molecule has 3 aromatic carbocycles. The molecule has 0 saturated carbocycles. The maximum absolute atomic E-state index is 12.7. The van der Waals surface area contributed by atoms with Crippen molar-refractivity contribution < 1.29 is 24.0 Å². The molecule has 33 heavy (non-hydrogen) atoms. The van der Waals surface area contributed by atoms with Crippen LogP contribution in [0.25, 0.3) is 11.0 Å². The zero-order valence-corrected chi connectivity index (χ0v) is 18.1. The van der Waals surface area contributed by atoms with Crippen molar-refractivity contribution in [2.24, 2.45) is 0 Å². The van der Waals surface area contributed by atoms with E-state index in [1.54, 1.807) is 0 Å². The van der Waals surface area contributed by atoms with Crippen molar-refractivity contribution in [3.05, 3.63) is 102 Å². The third-order valence-corrected chi connectivity index (χ3v) is 5.32. The van der Waals surface area contributed by atoms with E-state index in [0.717, 1.165) is 22.2 Å². The molecule has 1 aromatic heterocycles. The summed E-state index contributed by atoms with van der Waals surface area (Å²) in [7, 11) is 0. The van der Waals surface area contributed by atoms with Gasteiger partial charge in [-0.05, 0) is 23.3 Å². The normalized spacial score (nSPS) is 11.8. The molecule has 0 aliphatic heterocycles. The van der Waals surface area contributed by atoms with Gasteiger partial charge in [0.1, 0.15) is 13.2 Å². The highest BCUT2D eigenvalue weighted by molar-refractivity contribution is 5.85. The van der Waals surface area contributed by atoms with E-state index >= 15 is 0 Å². The van der Waals surface area contributed by atoms with Crippen LogP contribution in [0.4, 0.5) is 0 Å². The Morgan fingerprint density at radius 1 is 0.909 bits per heavy atom. The number of rotatable bonds is 9. The SMILES string of the molecule is O=C(Cn1c[n+](Cc2ccccc2)c2ccccc21)N[C@@H](CO)C(=O)OCc1ccccc1. The number of imidazole rings is 1. The molecular weight excluding hydrogens is 418 g/mol. The van der Waals surface area contributed by atoms with Crippen molar-refractivity contribution >= 4 is 22.9 Å². The molecule has 0 aliphatic rings. The van der Waals surface area contributed by atoms with Gasteiger partial charge in [0.15, 0.2) is 23.6 Å². The molecular formula is C26H26N3O4+. The van der Waals surface area contributed by atoms with Crippen LogP contribution in [0, 0.1) is 0 Å². The van der Waals surface area contributed by atoms with Crippen LogP contribution in [0.5, 0.6) is 0 Å². The van der Waals surface area contributed by atoms with E-state index in [1.165, 1.54) is 0 Å². The molecule has 7 heteroatoms. The second-order valence-corrected chi connectivity index (χ2v) is 7.74. The molecule has 4 rings (SSSR count). The predicted molar refractivity (Wildman–Crippen MR) is 123 cm³/mol. The summed E-state index contributed by atoms with van der Waals surface area (Å²) in [6.07, 6.45) is 1.89. The number of amides is 1. The van der Waals surface area contributed by atoms with Crippen molar-refractivity contribution in [1.82, 2.24) is 9.88 Å². The lowest BCUT2D eigenvalue weighted by molar-refractivity contribution is -0.663. The summed E-state index contributed by atoms with van der Waals surface area (Å²) in [6, 6.07) is 26.0. The molecule has 1 atom stereocenters. The lowest BCUT2D eigenvalue weighted by Gasteiger charge is -2.15. The Balaban J connectivity index is 1.43. The molecule has 0 bridgehead atoms. The first-order chi connectivity index (χ1) is 16.1.